The van der Waals surface area contributed by atoms with Crippen molar-refractivity contribution in [3.63, 3.8) is 0 Å². The molecule has 37 heavy (non-hydrogen) atoms. The first kappa shape index (κ1) is 24.0. The van der Waals surface area contributed by atoms with Gasteiger partial charge in [0.15, 0.2) is 0 Å². The minimum absolute atomic E-state index is 0.374. The van der Waals surface area contributed by atoms with E-state index in [0.717, 1.165) is 47.6 Å². The van der Waals surface area contributed by atoms with E-state index in [2.05, 4.69) is 31.9 Å². The average Bonchev–Trinajstić information content (AvgIpc) is 3.29. The lowest BCUT2D eigenvalue weighted by Crippen LogP contribution is -2.06. The van der Waals surface area contributed by atoms with Gasteiger partial charge in [-0.3, -0.25) is 4.57 Å². The Bertz CT molecular complexity index is 1830. The number of halogens is 5. The van der Waals surface area contributed by atoms with E-state index in [4.69, 9.17) is 9.72 Å². The maximum atomic E-state index is 13.7. The summed E-state index contributed by atoms with van der Waals surface area (Å²) in [6, 6.07) is 24.7. The molecule has 1 aromatic heterocycles. The van der Waals surface area contributed by atoms with E-state index >= 15 is 0 Å². The molecular weight excluding hydrogens is 609 g/mol. The van der Waals surface area contributed by atoms with Crippen LogP contribution in [0, 0.1) is 0 Å². The van der Waals surface area contributed by atoms with Crippen LogP contribution in [0.5, 0.6) is 5.75 Å². The number of alkyl halides is 3. The number of hydrogen-bond acceptors (Lipinski definition) is 2. The number of imidazole rings is 1. The molecule has 0 unspecified atom stereocenters. The first-order chi connectivity index (χ1) is 17.7. The highest BCUT2D eigenvalue weighted by molar-refractivity contribution is 9.10. The lowest BCUT2D eigenvalue weighted by atomic mass is 10.00. The Morgan fingerprint density at radius 2 is 1.41 bits per heavy atom. The molecule has 0 atom stereocenters. The molecule has 0 radical (unpaired) electrons. The van der Waals surface area contributed by atoms with Crippen LogP contribution >= 0.6 is 31.9 Å². The van der Waals surface area contributed by atoms with Crippen molar-refractivity contribution in [1.29, 1.82) is 0 Å². The van der Waals surface area contributed by atoms with Crippen molar-refractivity contribution in [1.82, 2.24) is 9.55 Å². The molecule has 0 spiro atoms. The third-order valence-electron chi connectivity index (χ3n) is 6.42. The topological polar surface area (TPSA) is 27.1 Å². The summed E-state index contributed by atoms with van der Waals surface area (Å²) in [5.74, 6) is 1.21. The zero-order valence-corrected chi connectivity index (χ0v) is 22.4. The molecule has 0 saturated heterocycles. The van der Waals surface area contributed by atoms with Gasteiger partial charge in [-0.25, -0.2) is 4.98 Å². The Kier molecular flexibility index (Phi) is 5.76. The van der Waals surface area contributed by atoms with Gasteiger partial charge in [-0.2, -0.15) is 13.2 Å². The van der Waals surface area contributed by atoms with E-state index in [9.17, 15) is 13.2 Å². The number of hydrogen-bond donors (Lipinski definition) is 0. The van der Waals surface area contributed by atoms with Crippen molar-refractivity contribution in [2.45, 2.75) is 6.18 Å². The second kappa shape index (κ2) is 8.89. The predicted octanol–water partition coefficient (Wildman–Crippen LogP) is 9.55. The molecule has 5 aromatic carbocycles. The molecular formula is C29H17Br2F3N2O. The van der Waals surface area contributed by atoms with Gasteiger partial charge in [-0.1, -0.05) is 50.1 Å². The van der Waals surface area contributed by atoms with Gasteiger partial charge in [-0.05, 0) is 77.5 Å². The largest absolute Gasteiger partial charge is 0.497 e. The van der Waals surface area contributed by atoms with Gasteiger partial charge in [0, 0.05) is 31.0 Å². The fourth-order valence-electron chi connectivity index (χ4n) is 4.76. The second-order valence-corrected chi connectivity index (χ2v) is 10.5. The number of fused-ring (bicyclic) bond motifs is 6. The number of ether oxygens (including phenoxy) is 1. The molecule has 6 aromatic rings. The fraction of sp³-hybridized carbons (Fsp3) is 0.0690. The maximum absolute atomic E-state index is 13.7. The Morgan fingerprint density at radius 1 is 0.757 bits per heavy atom. The molecule has 1 heterocycles. The Hall–Kier alpha value is -3.36. The van der Waals surface area contributed by atoms with Crippen molar-refractivity contribution in [3.8, 4) is 22.8 Å². The highest BCUT2D eigenvalue weighted by Crippen LogP contribution is 2.41. The smallest absolute Gasteiger partial charge is 0.416 e. The lowest BCUT2D eigenvalue weighted by molar-refractivity contribution is -0.137. The highest BCUT2D eigenvalue weighted by atomic mass is 79.9. The van der Waals surface area contributed by atoms with Crippen LogP contribution in [0.3, 0.4) is 0 Å². The zero-order valence-electron chi connectivity index (χ0n) is 19.3. The van der Waals surface area contributed by atoms with Crippen molar-refractivity contribution in [2.75, 3.05) is 7.11 Å². The number of rotatable bonds is 3. The van der Waals surface area contributed by atoms with Crippen LogP contribution in [0.4, 0.5) is 13.2 Å². The summed E-state index contributed by atoms with van der Waals surface area (Å²) in [7, 11) is 1.58. The lowest BCUT2D eigenvalue weighted by Gasteiger charge is -2.15. The predicted molar refractivity (Wildman–Crippen MR) is 148 cm³/mol. The fourth-order valence-corrected chi connectivity index (χ4v) is 5.48. The molecule has 0 bridgehead atoms. The second-order valence-electron chi connectivity index (χ2n) is 8.62. The van der Waals surface area contributed by atoms with Crippen molar-refractivity contribution >= 4 is 64.4 Å². The van der Waals surface area contributed by atoms with Crippen LogP contribution in [0.25, 0.3) is 49.7 Å². The molecule has 3 nitrogen and oxygen atoms in total. The van der Waals surface area contributed by atoms with Crippen LogP contribution in [0.2, 0.25) is 0 Å². The van der Waals surface area contributed by atoms with Gasteiger partial charge in [0.2, 0.25) is 0 Å². The number of methoxy groups -OCH3 is 1. The molecule has 0 N–H and O–H groups in total. The van der Waals surface area contributed by atoms with E-state index in [0.29, 0.717) is 22.8 Å². The number of aromatic nitrogens is 2. The van der Waals surface area contributed by atoms with E-state index in [1.54, 1.807) is 13.2 Å². The third-order valence-corrected chi connectivity index (χ3v) is 7.41. The third kappa shape index (κ3) is 4.08. The van der Waals surface area contributed by atoms with Crippen molar-refractivity contribution in [2.24, 2.45) is 0 Å². The molecule has 0 aliphatic carbocycles. The summed E-state index contributed by atoms with van der Waals surface area (Å²) in [5.41, 5.74) is 1.83. The van der Waals surface area contributed by atoms with E-state index in [1.165, 1.54) is 12.1 Å². The van der Waals surface area contributed by atoms with Crippen LogP contribution < -0.4 is 4.74 Å². The summed E-state index contributed by atoms with van der Waals surface area (Å²) < 4.78 is 50.1. The minimum Gasteiger partial charge on any atom is -0.497 e. The number of benzene rings is 5. The van der Waals surface area contributed by atoms with E-state index < -0.39 is 11.7 Å². The Labute approximate surface area is 226 Å². The van der Waals surface area contributed by atoms with Crippen molar-refractivity contribution in [3.05, 3.63) is 99.4 Å². The SMILES string of the molecule is COc1ccc(-c2nc3c4cc(Br)ccc4c4ccc(Br)cc4c3n2-c2cccc(C(F)(F)F)c2)cc1. The molecule has 0 amide bonds. The van der Waals surface area contributed by atoms with Crippen LogP contribution in [0.15, 0.2) is 93.9 Å². The average molecular weight is 626 g/mol. The van der Waals surface area contributed by atoms with Gasteiger partial charge in [-0.15, -0.1) is 0 Å². The normalized spacial score (nSPS) is 12.1. The van der Waals surface area contributed by atoms with Gasteiger partial charge in [0.25, 0.3) is 0 Å². The van der Waals surface area contributed by atoms with Crippen LogP contribution in [-0.2, 0) is 6.18 Å². The maximum Gasteiger partial charge on any atom is 0.416 e. The molecule has 8 heteroatoms. The van der Waals surface area contributed by atoms with Crippen LogP contribution in [0.1, 0.15) is 5.56 Å². The van der Waals surface area contributed by atoms with E-state index in [1.807, 2.05) is 65.2 Å². The highest BCUT2D eigenvalue weighted by Gasteiger charge is 2.31. The van der Waals surface area contributed by atoms with Crippen molar-refractivity contribution < 1.29 is 17.9 Å². The Balaban J connectivity index is 1.82. The number of nitrogens with zero attached hydrogens (tertiary/aromatic N) is 2. The quantitative estimate of drug-likeness (QED) is 0.183. The van der Waals surface area contributed by atoms with E-state index in [-0.39, 0.29) is 0 Å². The summed E-state index contributed by atoms with van der Waals surface area (Å²) >= 11 is 7.16. The van der Waals surface area contributed by atoms with Crippen LogP contribution in [-0.4, -0.2) is 16.7 Å². The Morgan fingerprint density at radius 3 is 2.05 bits per heavy atom. The zero-order chi connectivity index (χ0) is 25.9. The van der Waals surface area contributed by atoms with Gasteiger partial charge in [0.05, 0.1) is 23.7 Å². The first-order valence-electron chi connectivity index (χ1n) is 11.3. The summed E-state index contributed by atoms with van der Waals surface area (Å²) in [4.78, 5) is 5.06. The molecule has 0 aliphatic heterocycles. The molecule has 0 saturated carbocycles. The molecule has 6 rings (SSSR count). The summed E-state index contributed by atoms with van der Waals surface area (Å²) in [6.45, 7) is 0. The summed E-state index contributed by atoms with van der Waals surface area (Å²) in [6.07, 6.45) is -4.48. The van der Waals surface area contributed by atoms with Gasteiger partial charge in [0.1, 0.15) is 11.6 Å². The first-order valence-corrected chi connectivity index (χ1v) is 12.9. The standard InChI is InChI=1S/C29H17Br2F3N2O/c1-37-21-9-5-16(6-10-21)28-35-26-24-14-18(30)7-11-22(24)23-12-8-19(31)15-25(23)27(26)36(28)20-4-2-3-17(13-20)29(32,33)34/h2-15H,1H3. The van der Waals surface area contributed by atoms with Gasteiger partial charge >= 0.3 is 6.18 Å². The molecule has 0 fully saturated rings. The molecule has 184 valence electrons. The molecule has 0 aliphatic rings. The minimum atomic E-state index is -4.48. The van der Waals surface area contributed by atoms with Gasteiger partial charge < -0.3 is 4.74 Å². The summed E-state index contributed by atoms with van der Waals surface area (Å²) in [5, 5.41) is 3.77. The monoisotopic (exact) mass is 624 g/mol.